The standard InChI is InChI=1S/C8H6O3/c1-2-6-7(10)3-4-11-8(6)5-9/h1,3-4,9H,5H2. The summed E-state index contributed by atoms with van der Waals surface area (Å²) in [6.07, 6.45) is 6.21. The van der Waals surface area contributed by atoms with E-state index in [4.69, 9.17) is 15.9 Å². The molecule has 56 valence electrons. The van der Waals surface area contributed by atoms with Gasteiger partial charge in [-0.1, -0.05) is 5.92 Å². The smallest absolute Gasteiger partial charge is 0.200 e. The van der Waals surface area contributed by atoms with Crippen molar-refractivity contribution in [1.29, 1.82) is 0 Å². The number of hydrogen-bond donors (Lipinski definition) is 1. The van der Waals surface area contributed by atoms with Gasteiger partial charge in [-0.3, -0.25) is 4.79 Å². The first-order chi connectivity index (χ1) is 5.29. The van der Waals surface area contributed by atoms with Crippen LogP contribution in [0.3, 0.4) is 0 Å². The third-order valence-corrected chi connectivity index (χ3v) is 1.24. The predicted octanol–water partition coefficient (Wildman–Crippen LogP) is 0.113. The normalized spacial score (nSPS) is 9.09. The molecule has 0 spiro atoms. The molecule has 0 bridgehead atoms. The SMILES string of the molecule is C#Cc1c(CO)occc1=O. The lowest BCUT2D eigenvalue weighted by molar-refractivity contribution is 0.243. The molecule has 1 rings (SSSR count). The van der Waals surface area contributed by atoms with Gasteiger partial charge in [0.25, 0.3) is 0 Å². The Morgan fingerprint density at radius 2 is 2.45 bits per heavy atom. The second-order valence-corrected chi connectivity index (χ2v) is 1.89. The van der Waals surface area contributed by atoms with Crippen LogP contribution in [0.25, 0.3) is 0 Å². The van der Waals surface area contributed by atoms with E-state index in [1.807, 2.05) is 0 Å². The van der Waals surface area contributed by atoms with Crippen molar-refractivity contribution in [3.8, 4) is 12.3 Å². The van der Waals surface area contributed by atoms with Crippen molar-refractivity contribution in [3.63, 3.8) is 0 Å². The lowest BCUT2D eigenvalue weighted by atomic mass is 10.2. The Balaban J connectivity index is 3.40. The number of terminal acetylenes is 1. The molecule has 0 fully saturated rings. The van der Waals surface area contributed by atoms with Crippen LogP contribution in [0.4, 0.5) is 0 Å². The van der Waals surface area contributed by atoms with Crippen molar-refractivity contribution >= 4 is 0 Å². The quantitative estimate of drug-likeness (QED) is 0.578. The summed E-state index contributed by atoms with van der Waals surface area (Å²) in [7, 11) is 0. The molecule has 0 aliphatic rings. The highest BCUT2D eigenvalue weighted by Crippen LogP contribution is 2.00. The van der Waals surface area contributed by atoms with Crippen molar-refractivity contribution in [3.05, 3.63) is 33.9 Å². The molecule has 1 aromatic heterocycles. The number of aliphatic hydroxyl groups excluding tert-OH is 1. The van der Waals surface area contributed by atoms with Gasteiger partial charge in [0.15, 0.2) is 0 Å². The Labute approximate surface area is 63.3 Å². The molecule has 1 heterocycles. The maximum atomic E-state index is 10.9. The number of rotatable bonds is 1. The Bertz CT molecular complexity index is 343. The van der Waals surface area contributed by atoms with Gasteiger partial charge in [-0.15, -0.1) is 6.42 Å². The maximum absolute atomic E-state index is 10.9. The molecule has 0 aromatic carbocycles. The van der Waals surface area contributed by atoms with Crippen LogP contribution < -0.4 is 5.43 Å². The molecule has 0 aliphatic carbocycles. The largest absolute Gasteiger partial charge is 0.465 e. The molecule has 0 saturated heterocycles. The van der Waals surface area contributed by atoms with Crippen LogP contribution in [-0.2, 0) is 6.61 Å². The molecule has 1 aromatic rings. The summed E-state index contributed by atoms with van der Waals surface area (Å²) < 4.78 is 4.79. The fourth-order valence-electron chi connectivity index (χ4n) is 0.726. The van der Waals surface area contributed by atoms with E-state index in [0.717, 1.165) is 0 Å². The Morgan fingerprint density at radius 1 is 1.73 bits per heavy atom. The highest BCUT2D eigenvalue weighted by atomic mass is 16.4. The summed E-state index contributed by atoms with van der Waals surface area (Å²) in [4.78, 5) is 10.9. The molecule has 0 amide bonds. The third kappa shape index (κ3) is 1.31. The van der Waals surface area contributed by atoms with Crippen molar-refractivity contribution < 1.29 is 9.52 Å². The summed E-state index contributed by atoms with van der Waals surface area (Å²) in [6.45, 7) is -0.352. The molecule has 0 aliphatic heterocycles. The van der Waals surface area contributed by atoms with E-state index in [0.29, 0.717) is 0 Å². The van der Waals surface area contributed by atoms with Crippen LogP contribution in [0.2, 0.25) is 0 Å². The van der Waals surface area contributed by atoms with Crippen molar-refractivity contribution in [2.75, 3.05) is 0 Å². The number of aliphatic hydroxyl groups is 1. The molecule has 3 heteroatoms. The molecular formula is C8H6O3. The van der Waals surface area contributed by atoms with E-state index in [-0.39, 0.29) is 23.4 Å². The summed E-state index contributed by atoms with van der Waals surface area (Å²) in [5, 5.41) is 8.65. The second-order valence-electron chi connectivity index (χ2n) is 1.89. The highest BCUT2D eigenvalue weighted by Gasteiger charge is 2.03. The van der Waals surface area contributed by atoms with Gasteiger partial charge in [-0.05, 0) is 0 Å². The minimum absolute atomic E-state index is 0.0926. The van der Waals surface area contributed by atoms with Gasteiger partial charge in [-0.2, -0.15) is 0 Å². The van der Waals surface area contributed by atoms with Crippen LogP contribution in [0, 0.1) is 12.3 Å². The fourth-order valence-corrected chi connectivity index (χ4v) is 0.726. The lowest BCUT2D eigenvalue weighted by Gasteiger charge is -1.95. The molecule has 0 radical (unpaired) electrons. The van der Waals surface area contributed by atoms with Gasteiger partial charge < -0.3 is 9.52 Å². The minimum atomic E-state index is -0.352. The monoisotopic (exact) mass is 150 g/mol. The highest BCUT2D eigenvalue weighted by molar-refractivity contribution is 5.33. The first-order valence-corrected chi connectivity index (χ1v) is 2.97. The van der Waals surface area contributed by atoms with Crippen molar-refractivity contribution in [1.82, 2.24) is 0 Å². The van der Waals surface area contributed by atoms with E-state index >= 15 is 0 Å². The van der Waals surface area contributed by atoms with Crippen LogP contribution >= 0.6 is 0 Å². The predicted molar refractivity (Wildman–Crippen MR) is 38.8 cm³/mol. The third-order valence-electron chi connectivity index (χ3n) is 1.24. The van der Waals surface area contributed by atoms with Crippen molar-refractivity contribution in [2.45, 2.75) is 6.61 Å². The average molecular weight is 150 g/mol. The van der Waals surface area contributed by atoms with Crippen LogP contribution in [0.1, 0.15) is 11.3 Å². The van der Waals surface area contributed by atoms with Crippen LogP contribution in [-0.4, -0.2) is 5.11 Å². The Kier molecular flexibility index (Phi) is 2.09. The fraction of sp³-hybridized carbons (Fsp3) is 0.125. The first-order valence-electron chi connectivity index (χ1n) is 2.97. The second kappa shape index (κ2) is 3.04. The van der Waals surface area contributed by atoms with E-state index in [9.17, 15) is 4.79 Å². The molecular weight excluding hydrogens is 144 g/mol. The Hall–Kier alpha value is -1.53. The average Bonchev–Trinajstić information content (AvgIpc) is 2.04. The van der Waals surface area contributed by atoms with E-state index in [1.165, 1.54) is 12.3 Å². The van der Waals surface area contributed by atoms with Gasteiger partial charge in [0.05, 0.1) is 6.26 Å². The summed E-state index contributed by atoms with van der Waals surface area (Å²) in [6, 6.07) is 1.22. The van der Waals surface area contributed by atoms with Crippen molar-refractivity contribution in [2.24, 2.45) is 0 Å². The molecule has 0 saturated carbocycles. The summed E-state index contributed by atoms with van der Waals surface area (Å²) in [5.41, 5.74) is -0.210. The van der Waals surface area contributed by atoms with Crippen LogP contribution in [0.15, 0.2) is 21.5 Å². The lowest BCUT2D eigenvalue weighted by Crippen LogP contribution is -2.06. The number of hydrogen-bond acceptors (Lipinski definition) is 3. The van der Waals surface area contributed by atoms with E-state index in [1.54, 1.807) is 0 Å². The Morgan fingerprint density at radius 3 is 2.91 bits per heavy atom. The zero-order valence-electron chi connectivity index (χ0n) is 5.70. The topological polar surface area (TPSA) is 50.4 Å². The zero-order chi connectivity index (χ0) is 8.27. The molecule has 11 heavy (non-hydrogen) atoms. The van der Waals surface area contributed by atoms with Gasteiger partial charge in [0.2, 0.25) is 5.43 Å². The summed E-state index contributed by atoms with van der Waals surface area (Å²) in [5.74, 6) is 2.29. The van der Waals surface area contributed by atoms with Gasteiger partial charge in [0.1, 0.15) is 17.9 Å². The first kappa shape index (κ1) is 7.58. The van der Waals surface area contributed by atoms with Gasteiger partial charge >= 0.3 is 0 Å². The molecule has 0 atom stereocenters. The van der Waals surface area contributed by atoms with Crippen LogP contribution in [0.5, 0.6) is 0 Å². The molecule has 3 nitrogen and oxygen atoms in total. The maximum Gasteiger partial charge on any atom is 0.200 e. The van der Waals surface area contributed by atoms with E-state index in [2.05, 4.69) is 5.92 Å². The molecule has 1 N–H and O–H groups in total. The van der Waals surface area contributed by atoms with Gasteiger partial charge in [-0.25, -0.2) is 0 Å². The van der Waals surface area contributed by atoms with E-state index < -0.39 is 0 Å². The van der Waals surface area contributed by atoms with Gasteiger partial charge in [0, 0.05) is 6.07 Å². The minimum Gasteiger partial charge on any atom is -0.465 e. The zero-order valence-corrected chi connectivity index (χ0v) is 5.70. The summed E-state index contributed by atoms with van der Waals surface area (Å²) >= 11 is 0. The molecule has 0 unspecified atom stereocenters.